The largest absolute Gasteiger partial charge is 0.486 e. The molecule has 6 heteroatoms. The van der Waals surface area contributed by atoms with Crippen molar-refractivity contribution in [1.29, 1.82) is 0 Å². The van der Waals surface area contributed by atoms with E-state index >= 15 is 0 Å². The van der Waals surface area contributed by atoms with Crippen molar-refractivity contribution in [3.63, 3.8) is 0 Å². The lowest BCUT2D eigenvalue weighted by Crippen LogP contribution is -2.33. The van der Waals surface area contributed by atoms with Crippen LogP contribution in [0.2, 0.25) is 0 Å². The van der Waals surface area contributed by atoms with Crippen LogP contribution < -0.4 is 14.8 Å². The van der Waals surface area contributed by atoms with E-state index in [0.717, 1.165) is 12.8 Å². The summed E-state index contributed by atoms with van der Waals surface area (Å²) in [6.07, 6.45) is 1.56. The highest BCUT2D eigenvalue weighted by atomic mass is 16.6. The Morgan fingerprint density at radius 1 is 1.09 bits per heavy atom. The van der Waals surface area contributed by atoms with Crippen LogP contribution in [0.3, 0.4) is 0 Å². The molecule has 120 valence electrons. The number of carbonyl (C=O) groups excluding carboxylic acids is 1. The van der Waals surface area contributed by atoms with E-state index in [1.807, 2.05) is 0 Å². The molecule has 0 unspecified atom stereocenters. The summed E-state index contributed by atoms with van der Waals surface area (Å²) >= 11 is 0. The minimum Gasteiger partial charge on any atom is -0.486 e. The first-order chi connectivity index (χ1) is 10.7. The van der Waals surface area contributed by atoms with Crippen LogP contribution in [-0.2, 0) is 9.47 Å². The van der Waals surface area contributed by atoms with E-state index in [9.17, 15) is 4.79 Å². The second-order valence-electron chi connectivity index (χ2n) is 5.55. The minimum absolute atomic E-state index is 0.0237. The van der Waals surface area contributed by atoms with Gasteiger partial charge in [0, 0.05) is 25.8 Å². The fraction of sp³-hybridized carbons (Fsp3) is 0.562. The van der Waals surface area contributed by atoms with E-state index in [1.54, 1.807) is 32.4 Å². The van der Waals surface area contributed by atoms with E-state index in [2.05, 4.69) is 5.32 Å². The number of benzene rings is 1. The lowest BCUT2D eigenvalue weighted by molar-refractivity contribution is -0.0157. The SMILES string of the molecule is CO[C@@H]1CC(NC(=O)c2ccc3c(c2)OCCO3)C[C@H]1OC. The van der Waals surface area contributed by atoms with Gasteiger partial charge in [-0.05, 0) is 31.0 Å². The van der Waals surface area contributed by atoms with Gasteiger partial charge in [0.2, 0.25) is 0 Å². The van der Waals surface area contributed by atoms with E-state index < -0.39 is 0 Å². The number of hydrogen-bond donors (Lipinski definition) is 1. The van der Waals surface area contributed by atoms with Crippen molar-refractivity contribution >= 4 is 5.91 Å². The molecule has 1 aliphatic carbocycles. The minimum atomic E-state index is -0.117. The highest BCUT2D eigenvalue weighted by Gasteiger charge is 2.35. The molecule has 0 spiro atoms. The molecule has 3 rings (SSSR count). The van der Waals surface area contributed by atoms with Gasteiger partial charge in [0.15, 0.2) is 11.5 Å². The number of methoxy groups -OCH3 is 2. The Morgan fingerprint density at radius 2 is 1.73 bits per heavy atom. The van der Waals surface area contributed by atoms with Crippen molar-refractivity contribution in [1.82, 2.24) is 5.32 Å². The molecule has 1 saturated carbocycles. The fourth-order valence-electron chi connectivity index (χ4n) is 3.03. The van der Waals surface area contributed by atoms with Crippen molar-refractivity contribution in [3.8, 4) is 11.5 Å². The number of nitrogens with one attached hydrogen (secondary N) is 1. The molecular formula is C16H21NO5. The van der Waals surface area contributed by atoms with Crippen molar-refractivity contribution in [3.05, 3.63) is 23.8 Å². The number of fused-ring (bicyclic) bond motifs is 1. The molecule has 0 radical (unpaired) electrons. The van der Waals surface area contributed by atoms with Crippen LogP contribution in [0.5, 0.6) is 11.5 Å². The van der Waals surface area contributed by atoms with Crippen LogP contribution in [0.1, 0.15) is 23.2 Å². The summed E-state index contributed by atoms with van der Waals surface area (Å²) in [5.74, 6) is 1.19. The molecule has 1 aliphatic heterocycles. The van der Waals surface area contributed by atoms with Crippen LogP contribution >= 0.6 is 0 Å². The van der Waals surface area contributed by atoms with Gasteiger partial charge in [-0.3, -0.25) is 4.79 Å². The smallest absolute Gasteiger partial charge is 0.251 e. The summed E-state index contributed by atoms with van der Waals surface area (Å²) in [4.78, 5) is 12.4. The molecule has 2 atom stereocenters. The standard InChI is InChI=1S/C16H21NO5/c1-19-13-8-11(9-14(13)20-2)17-16(18)10-3-4-12-15(7-10)22-6-5-21-12/h3-4,7,11,13-14H,5-6,8-9H2,1-2H3,(H,17,18)/t13-,14-/m1/s1. The predicted molar refractivity (Wildman–Crippen MR) is 79.5 cm³/mol. The van der Waals surface area contributed by atoms with Crippen LogP contribution in [-0.4, -0.2) is 51.6 Å². The summed E-state index contributed by atoms with van der Waals surface area (Å²) in [5.41, 5.74) is 0.569. The Labute approximate surface area is 129 Å². The number of hydrogen-bond acceptors (Lipinski definition) is 5. The van der Waals surface area contributed by atoms with Gasteiger partial charge >= 0.3 is 0 Å². The molecule has 2 aliphatic rings. The highest BCUT2D eigenvalue weighted by Crippen LogP contribution is 2.31. The Balaban J connectivity index is 1.65. The molecule has 1 aromatic carbocycles. The Hall–Kier alpha value is -1.79. The lowest BCUT2D eigenvalue weighted by Gasteiger charge is -2.19. The number of carbonyl (C=O) groups is 1. The summed E-state index contributed by atoms with van der Waals surface area (Å²) in [6, 6.07) is 5.30. The quantitative estimate of drug-likeness (QED) is 0.910. The number of ether oxygens (including phenoxy) is 4. The Morgan fingerprint density at radius 3 is 2.36 bits per heavy atom. The Bertz CT molecular complexity index is 535. The van der Waals surface area contributed by atoms with Crippen LogP contribution in [0.25, 0.3) is 0 Å². The monoisotopic (exact) mass is 307 g/mol. The highest BCUT2D eigenvalue weighted by molar-refractivity contribution is 5.95. The first-order valence-corrected chi connectivity index (χ1v) is 7.47. The maximum atomic E-state index is 12.4. The van der Waals surface area contributed by atoms with Gasteiger partial charge in [0.05, 0.1) is 12.2 Å². The maximum absolute atomic E-state index is 12.4. The van der Waals surface area contributed by atoms with Gasteiger partial charge in [-0.1, -0.05) is 0 Å². The number of amides is 1. The van der Waals surface area contributed by atoms with Gasteiger partial charge < -0.3 is 24.3 Å². The van der Waals surface area contributed by atoms with E-state index in [1.165, 1.54) is 0 Å². The van der Waals surface area contributed by atoms with Crippen LogP contribution in [0.4, 0.5) is 0 Å². The molecule has 22 heavy (non-hydrogen) atoms. The van der Waals surface area contributed by atoms with Crippen LogP contribution in [0, 0.1) is 0 Å². The third-order valence-corrected chi connectivity index (χ3v) is 4.19. The topological polar surface area (TPSA) is 66.0 Å². The third-order valence-electron chi connectivity index (χ3n) is 4.19. The van der Waals surface area contributed by atoms with Gasteiger partial charge in [-0.25, -0.2) is 0 Å². The van der Waals surface area contributed by atoms with Gasteiger partial charge in [0.1, 0.15) is 13.2 Å². The molecule has 1 N–H and O–H groups in total. The number of rotatable bonds is 4. The summed E-state index contributed by atoms with van der Waals surface area (Å²) < 4.78 is 21.8. The maximum Gasteiger partial charge on any atom is 0.251 e. The van der Waals surface area contributed by atoms with Gasteiger partial charge in [0.25, 0.3) is 5.91 Å². The van der Waals surface area contributed by atoms with Crippen molar-refractivity contribution in [2.45, 2.75) is 31.1 Å². The van der Waals surface area contributed by atoms with Crippen molar-refractivity contribution in [2.75, 3.05) is 27.4 Å². The molecule has 1 amide bonds. The van der Waals surface area contributed by atoms with E-state index in [-0.39, 0.29) is 24.2 Å². The van der Waals surface area contributed by atoms with E-state index in [0.29, 0.717) is 30.3 Å². The van der Waals surface area contributed by atoms with Gasteiger partial charge in [-0.2, -0.15) is 0 Å². The second-order valence-corrected chi connectivity index (χ2v) is 5.55. The zero-order valence-electron chi connectivity index (χ0n) is 12.8. The molecule has 1 fully saturated rings. The Kier molecular flexibility index (Phi) is 4.49. The fourth-order valence-corrected chi connectivity index (χ4v) is 3.03. The third kappa shape index (κ3) is 3.03. The summed E-state index contributed by atoms with van der Waals surface area (Å²) in [6.45, 7) is 1.04. The zero-order chi connectivity index (χ0) is 15.5. The second kappa shape index (κ2) is 6.54. The van der Waals surface area contributed by atoms with Crippen molar-refractivity contribution in [2.24, 2.45) is 0 Å². The predicted octanol–water partition coefficient (Wildman–Crippen LogP) is 1.38. The first-order valence-electron chi connectivity index (χ1n) is 7.47. The van der Waals surface area contributed by atoms with Crippen molar-refractivity contribution < 1.29 is 23.7 Å². The first kappa shape index (κ1) is 15.1. The van der Waals surface area contributed by atoms with Gasteiger partial charge in [-0.15, -0.1) is 0 Å². The average molecular weight is 307 g/mol. The van der Waals surface area contributed by atoms with E-state index in [4.69, 9.17) is 18.9 Å². The summed E-state index contributed by atoms with van der Waals surface area (Å²) in [7, 11) is 3.34. The summed E-state index contributed by atoms with van der Waals surface area (Å²) in [5, 5.41) is 3.04. The molecule has 1 aromatic rings. The zero-order valence-corrected chi connectivity index (χ0v) is 12.8. The normalized spacial score (nSPS) is 24.3. The molecule has 1 heterocycles. The lowest BCUT2D eigenvalue weighted by atomic mass is 10.1. The average Bonchev–Trinajstić information content (AvgIpc) is 2.96. The molecule has 0 saturated heterocycles. The molecule has 6 nitrogen and oxygen atoms in total. The molecule has 0 bridgehead atoms. The molecular weight excluding hydrogens is 286 g/mol. The van der Waals surface area contributed by atoms with Crippen LogP contribution in [0.15, 0.2) is 18.2 Å². The molecule has 0 aromatic heterocycles.